The number of likely N-dealkylation sites (tertiary alicyclic amines) is 1. The number of carbonyl (C=O) groups is 1. The van der Waals surface area contributed by atoms with Crippen molar-refractivity contribution in [2.45, 2.75) is 38.5 Å². The van der Waals surface area contributed by atoms with E-state index in [2.05, 4.69) is 20.3 Å². The van der Waals surface area contributed by atoms with Gasteiger partial charge in [-0.15, -0.1) is 0 Å². The quantitative estimate of drug-likeness (QED) is 0.261. The van der Waals surface area contributed by atoms with Gasteiger partial charge in [-0.25, -0.2) is 14.4 Å². The monoisotopic (exact) mass is 559 g/mol. The summed E-state index contributed by atoms with van der Waals surface area (Å²) in [4.78, 5) is 27.1. The number of nitrogens with zero attached hydrogens (tertiary/aromatic N) is 4. The predicted molar refractivity (Wildman–Crippen MR) is 141 cm³/mol. The second-order valence-corrected chi connectivity index (χ2v) is 10.3. The minimum atomic E-state index is -4.45. The Labute approximate surface area is 225 Å². The number of amides is 1. The summed E-state index contributed by atoms with van der Waals surface area (Å²) in [5, 5.41) is 3.09. The van der Waals surface area contributed by atoms with Crippen LogP contribution in [0.4, 0.5) is 22.7 Å². The molecule has 2 aromatic heterocycles. The van der Waals surface area contributed by atoms with Crippen LogP contribution in [0.25, 0.3) is 21.5 Å². The van der Waals surface area contributed by atoms with E-state index in [1.54, 1.807) is 18.2 Å². The summed E-state index contributed by atoms with van der Waals surface area (Å²) in [6.45, 7) is 3.07. The summed E-state index contributed by atoms with van der Waals surface area (Å²) >= 11 is 1.30. The molecular formula is C27H25F4N5O2S. The molecule has 1 aliphatic rings. The zero-order valence-corrected chi connectivity index (χ0v) is 21.8. The SMILES string of the molecule is CC(=O)Nc1nc2c(Oc3cc(-c4ccc(C(F)(F)F)cc4)nc(CCN4CCCC(F)C4)n3)cccc2s1. The first kappa shape index (κ1) is 26.9. The van der Waals surface area contributed by atoms with Crippen LogP contribution in [0.3, 0.4) is 0 Å². The van der Waals surface area contributed by atoms with Gasteiger partial charge in [0.05, 0.1) is 16.0 Å². The molecule has 1 saturated heterocycles. The number of ether oxygens (including phenoxy) is 1. The summed E-state index contributed by atoms with van der Waals surface area (Å²) in [6, 6.07) is 11.6. The maximum atomic E-state index is 13.9. The lowest BCUT2D eigenvalue weighted by Crippen LogP contribution is -2.37. The highest BCUT2D eigenvalue weighted by molar-refractivity contribution is 7.22. The largest absolute Gasteiger partial charge is 0.437 e. The van der Waals surface area contributed by atoms with Gasteiger partial charge in [0.25, 0.3) is 0 Å². The molecule has 1 fully saturated rings. The van der Waals surface area contributed by atoms with Gasteiger partial charge in [-0.1, -0.05) is 29.5 Å². The lowest BCUT2D eigenvalue weighted by atomic mass is 10.1. The van der Waals surface area contributed by atoms with Gasteiger partial charge < -0.3 is 15.0 Å². The fraction of sp³-hybridized carbons (Fsp3) is 0.333. The van der Waals surface area contributed by atoms with E-state index in [1.165, 1.54) is 30.4 Å². The van der Waals surface area contributed by atoms with Crippen LogP contribution in [0.15, 0.2) is 48.5 Å². The summed E-state index contributed by atoms with van der Waals surface area (Å²) in [7, 11) is 0. The molecule has 204 valence electrons. The topological polar surface area (TPSA) is 80.2 Å². The van der Waals surface area contributed by atoms with Gasteiger partial charge in [0.1, 0.15) is 17.5 Å². The molecule has 1 aliphatic heterocycles. The Morgan fingerprint density at radius 3 is 2.67 bits per heavy atom. The number of fused-ring (bicyclic) bond motifs is 1. The Morgan fingerprint density at radius 1 is 1.15 bits per heavy atom. The number of hydrogen-bond donors (Lipinski definition) is 1. The van der Waals surface area contributed by atoms with Crippen LogP contribution >= 0.6 is 11.3 Å². The molecule has 0 radical (unpaired) electrons. The van der Waals surface area contributed by atoms with Gasteiger partial charge in [-0.05, 0) is 43.7 Å². The number of alkyl halides is 4. The zero-order chi connectivity index (χ0) is 27.6. The third-order valence-electron chi connectivity index (χ3n) is 6.24. The number of halogens is 4. The van der Waals surface area contributed by atoms with E-state index in [-0.39, 0.29) is 11.8 Å². The lowest BCUT2D eigenvalue weighted by molar-refractivity contribution is -0.137. The maximum Gasteiger partial charge on any atom is 0.416 e. The summed E-state index contributed by atoms with van der Waals surface area (Å²) < 4.78 is 60.1. The van der Waals surface area contributed by atoms with Crippen LogP contribution in [0.2, 0.25) is 0 Å². The van der Waals surface area contributed by atoms with E-state index in [4.69, 9.17) is 4.74 Å². The number of thiazole rings is 1. The van der Waals surface area contributed by atoms with Crippen LogP contribution in [0, 0.1) is 0 Å². The Bertz CT molecular complexity index is 1480. The van der Waals surface area contributed by atoms with E-state index < -0.39 is 17.9 Å². The molecule has 7 nitrogen and oxygen atoms in total. The predicted octanol–water partition coefficient (Wildman–Crippen LogP) is 6.50. The highest BCUT2D eigenvalue weighted by Gasteiger charge is 2.30. The molecule has 0 spiro atoms. The molecule has 0 aliphatic carbocycles. The fourth-order valence-electron chi connectivity index (χ4n) is 4.40. The number of hydrogen-bond acceptors (Lipinski definition) is 7. The smallest absolute Gasteiger partial charge is 0.416 e. The maximum absolute atomic E-state index is 13.9. The third kappa shape index (κ3) is 6.69. The fourth-order valence-corrected chi connectivity index (χ4v) is 5.33. The second-order valence-electron chi connectivity index (χ2n) is 9.28. The number of piperidine rings is 1. The molecule has 2 aromatic carbocycles. The zero-order valence-electron chi connectivity index (χ0n) is 21.0. The van der Waals surface area contributed by atoms with Crippen LogP contribution < -0.4 is 10.1 Å². The number of anilines is 1. The highest BCUT2D eigenvalue weighted by atomic mass is 32.1. The summed E-state index contributed by atoms with van der Waals surface area (Å²) in [5.41, 5.74) is 0.645. The third-order valence-corrected chi connectivity index (χ3v) is 7.17. The first-order chi connectivity index (χ1) is 18.6. The van der Waals surface area contributed by atoms with Crippen molar-refractivity contribution in [2.75, 3.05) is 25.0 Å². The number of aromatic nitrogens is 3. The van der Waals surface area contributed by atoms with E-state index in [9.17, 15) is 22.4 Å². The van der Waals surface area contributed by atoms with Crippen molar-refractivity contribution >= 4 is 32.6 Å². The van der Waals surface area contributed by atoms with Crippen molar-refractivity contribution < 1.29 is 27.1 Å². The Kier molecular flexibility index (Phi) is 7.76. The normalized spacial score (nSPS) is 16.4. The Balaban J connectivity index is 1.46. The second kappa shape index (κ2) is 11.2. The average Bonchev–Trinajstić information content (AvgIpc) is 3.30. The summed E-state index contributed by atoms with van der Waals surface area (Å²) in [5.74, 6) is 0.775. The highest BCUT2D eigenvalue weighted by Crippen LogP contribution is 2.36. The molecule has 3 heterocycles. The van der Waals surface area contributed by atoms with Crippen molar-refractivity contribution in [2.24, 2.45) is 0 Å². The molecule has 1 atom stereocenters. The van der Waals surface area contributed by atoms with Crippen molar-refractivity contribution in [3.8, 4) is 22.9 Å². The van der Waals surface area contributed by atoms with Crippen LogP contribution in [-0.2, 0) is 17.4 Å². The molecule has 1 N–H and O–H groups in total. The molecule has 39 heavy (non-hydrogen) atoms. The van der Waals surface area contributed by atoms with E-state index in [0.717, 1.165) is 29.8 Å². The van der Waals surface area contributed by atoms with Crippen molar-refractivity contribution in [1.29, 1.82) is 0 Å². The molecular weight excluding hydrogens is 534 g/mol. The van der Waals surface area contributed by atoms with Gasteiger partial charge in [-0.2, -0.15) is 18.2 Å². The van der Waals surface area contributed by atoms with Crippen molar-refractivity contribution in [1.82, 2.24) is 19.9 Å². The van der Waals surface area contributed by atoms with Crippen molar-refractivity contribution in [3.63, 3.8) is 0 Å². The Morgan fingerprint density at radius 2 is 1.95 bits per heavy atom. The molecule has 1 amide bonds. The van der Waals surface area contributed by atoms with Gasteiger partial charge >= 0.3 is 6.18 Å². The van der Waals surface area contributed by atoms with E-state index >= 15 is 0 Å². The standard InChI is InChI=1S/C27H25F4N5O2S/c1-16(37)32-26-35-25-21(5-2-6-22(25)39-26)38-24-14-20(17-7-9-18(10-8-17)27(29,30)31)33-23(34-24)11-13-36-12-3-4-19(28)15-36/h2,5-10,14,19H,3-4,11-13,15H2,1H3,(H,32,35,37). The summed E-state index contributed by atoms with van der Waals surface area (Å²) in [6.07, 6.45) is -3.57. The number of para-hydroxylation sites is 1. The average molecular weight is 560 g/mol. The van der Waals surface area contributed by atoms with E-state index in [1.807, 2.05) is 11.0 Å². The molecule has 4 aromatic rings. The number of carbonyl (C=O) groups excluding carboxylic acids is 1. The minimum absolute atomic E-state index is 0.193. The first-order valence-electron chi connectivity index (χ1n) is 12.4. The number of nitrogens with one attached hydrogen (secondary N) is 1. The van der Waals surface area contributed by atoms with E-state index in [0.29, 0.717) is 59.4 Å². The van der Waals surface area contributed by atoms with Gasteiger partial charge in [0.15, 0.2) is 10.9 Å². The molecule has 5 rings (SSSR count). The lowest BCUT2D eigenvalue weighted by Gasteiger charge is -2.28. The molecule has 0 bridgehead atoms. The van der Waals surface area contributed by atoms with Gasteiger partial charge in [-0.3, -0.25) is 4.79 Å². The van der Waals surface area contributed by atoms with Gasteiger partial charge in [0.2, 0.25) is 11.8 Å². The van der Waals surface area contributed by atoms with Crippen LogP contribution in [0.1, 0.15) is 31.2 Å². The number of rotatable bonds is 7. The van der Waals surface area contributed by atoms with Crippen LogP contribution in [0.5, 0.6) is 11.6 Å². The minimum Gasteiger partial charge on any atom is -0.437 e. The first-order valence-corrected chi connectivity index (χ1v) is 13.2. The van der Waals surface area contributed by atoms with Crippen LogP contribution in [-0.4, -0.2) is 51.6 Å². The number of benzene rings is 2. The Hall–Kier alpha value is -3.64. The molecule has 1 unspecified atom stereocenters. The van der Waals surface area contributed by atoms with Crippen molar-refractivity contribution in [3.05, 3.63) is 59.9 Å². The van der Waals surface area contributed by atoms with Gasteiger partial charge in [0, 0.05) is 38.1 Å². The molecule has 12 heteroatoms. The molecule has 0 saturated carbocycles.